The van der Waals surface area contributed by atoms with E-state index >= 15 is 0 Å². The third kappa shape index (κ3) is 10.7. The number of primary amides is 1. The van der Waals surface area contributed by atoms with Gasteiger partial charge in [0.15, 0.2) is 0 Å². The summed E-state index contributed by atoms with van der Waals surface area (Å²) in [4.78, 5) is 9.60. The van der Waals surface area contributed by atoms with Crippen molar-refractivity contribution in [1.29, 1.82) is 0 Å². The second-order valence-electron chi connectivity index (χ2n) is 0.752. The van der Waals surface area contributed by atoms with Crippen LogP contribution in [0.3, 0.4) is 0 Å². The molecule has 1 amide bonds. The van der Waals surface area contributed by atoms with Crippen molar-refractivity contribution >= 4 is 6.09 Å². The monoisotopic (exact) mass is 141 g/mol. The second kappa shape index (κ2) is 5.80. The summed E-state index contributed by atoms with van der Waals surface area (Å²) in [6.07, 6.45) is -0.711. The first-order valence-corrected chi connectivity index (χ1v) is 1.69. The molecular weight excluding hydrogens is 134 g/mol. The average molecular weight is 141 g/mol. The normalized spacial score (nSPS) is 6.43. The van der Waals surface area contributed by atoms with Crippen molar-refractivity contribution in [1.82, 2.24) is 0 Å². The Labute approximate surface area is 53.0 Å². The summed E-state index contributed by atoms with van der Waals surface area (Å²) in [5, 5.41) is 0. The van der Waals surface area contributed by atoms with Crippen molar-refractivity contribution in [3.8, 4) is 0 Å². The first-order chi connectivity index (χ1) is 2.77. The van der Waals surface area contributed by atoms with Gasteiger partial charge < -0.3 is 10.5 Å². The van der Waals surface area contributed by atoms with E-state index in [0.717, 1.165) is 0 Å². The quantitative estimate of drug-likeness (QED) is 0.563. The molecule has 0 unspecified atom stereocenters. The summed E-state index contributed by atoms with van der Waals surface area (Å²) in [6.45, 7) is 2.06. The zero-order valence-corrected chi connectivity index (χ0v) is 5.28. The van der Waals surface area contributed by atoms with E-state index in [1.807, 2.05) is 0 Å². The maximum atomic E-state index is 9.60. The van der Waals surface area contributed by atoms with Crippen molar-refractivity contribution in [2.75, 3.05) is 6.61 Å². The van der Waals surface area contributed by atoms with Gasteiger partial charge in [0.2, 0.25) is 0 Å². The molecule has 0 bridgehead atoms. The Morgan fingerprint density at radius 2 is 2.29 bits per heavy atom. The van der Waals surface area contributed by atoms with Crippen LogP contribution in [0.25, 0.3) is 0 Å². The second-order valence-corrected chi connectivity index (χ2v) is 0.752. The van der Waals surface area contributed by atoms with Crippen LogP contribution in [0.1, 0.15) is 6.92 Å². The third-order valence-corrected chi connectivity index (χ3v) is 0.287. The molecule has 4 heteroatoms. The molecule has 0 aliphatic heterocycles. The van der Waals surface area contributed by atoms with E-state index in [4.69, 9.17) is 0 Å². The van der Waals surface area contributed by atoms with Crippen LogP contribution in [0.2, 0.25) is 0 Å². The van der Waals surface area contributed by atoms with E-state index in [2.05, 4.69) is 10.5 Å². The first-order valence-electron chi connectivity index (χ1n) is 1.69. The molecule has 0 saturated carbocycles. The maximum absolute atomic E-state index is 9.60. The van der Waals surface area contributed by atoms with E-state index in [1.54, 1.807) is 6.92 Å². The van der Waals surface area contributed by atoms with Crippen LogP contribution in [-0.2, 0) is 22.1 Å². The molecule has 0 spiro atoms. The number of amides is 1. The Kier molecular flexibility index (Phi) is 8.23. The van der Waals surface area contributed by atoms with Crippen LogP contribution < -0.4 is 5.73 Å². The third-order valence-electron chi connectivity index (χ3n) is 0.287. The molecule has 0 aromatic rings. The fourth-order valence-electron chi connectivity index (χ4n) is 0.142. The van der Waals surface area contributed by atoms with Gasteiger partial charge in [-0.3, -0.25) is 0 Å². The molecule has 0 aromatic carbocycles. The number of nitrogens with two attached hydrogens (primary N) is 1. The molecule has 0 radical (unpaired) electrons. The Morgan fingerprint density at radius 3 is 2.29 bits per heavy atom. The fourth-order valence-corrected chi connectivity index (χ4v) is 0.142. The number of hydrogen-bond donors (Lipinski definition) is 1. The van der Waals surface area contributed by atoms with Gasteiger partial charge >= 0.3 is 6.09 Å². The zero-order valence-electron chi connectivity index (χ0n) is 4.01. The minimum atomic E-state index is -0.711. The van der Waals surface area contributed by atoms with E-state index in [9.17, 15) is 4.79 Å². The molecule has 0 saturated heterocycles. The molecule has 0 heterocycles. The standard InChI is InChI=1S/C3H7NO2.Cr/c1-2-6-3(4)5;/h2H2,1H3,(H2,4,5);. The summed E-state index contributed by atoms with van der Waals surface area (Å²) in [6, 6.07) is 0. The molecule has 0 aromatic heterocycles. The van der Waals surface area contributed by atoms with Crippen molar-refractivity contribution in [3.63, 3.8) is 0 Å². The molecule has 7 heavy (non-hydrogen) atoms. The molecular formula is C3H7CrNO2. The SMILES string of the molecule is CCOC(N)=O.[Cr]. The summed E-state index contributed by atoms with van der Waals surface area (Å²) in [5.41, 5.74) is 4.54. The van der Waals surface area contributed by atoms with Gasteiger partial charge in [-0.15, -0.1) is 0 Å². The average Bonchev–Trinajstić information content (AvgIpc) is 1.35. The van der Waals surface area contributed by atoms with Gasteiger partial charge in [-0.25, -0.2) is 4.79 Å². The van der Waals surface area contributed by atoms with Crippen molar-refractivity contribution in [2.24, 2.45) is 5.73 Å². The minimum absolute atomic E-state index is 0. The summed E-state index contributed by atoms with van der Waals surface area (Å²) in [7, 11) is 0. The number of rotatable bonds is 1. The Bertz CT molecular complexity index is 56.9. The van der Waals surface area contributed by atoms with Crippen LogP contribution in [0, 0.1) is 0 Å². The van der Waals surface area contributed by atoms with Crippen molar-refractivity contribution in [2.45, 2.75) is 6.92 Å². The van der Waals surface area contributed by atoms with Gasteiger partial charge in [-0.1, -0.05) is 0 Å². The largest absolute Gasteiger partial charge is 0.450 e. The summed E-state index contributed by atoms with van der Waals surface area (Å²) in [5.74, 6) is 0. The van der Waals surface area contributed by atoms with E-state index in [-0.39, 0.29) is 17.4 Å². The predicted molar refractivity (Wildman–Crippen MR) is 21.2 cm³/mol. The van der Waals surface area contributed by atoms with Gasteiger partial charge in [0.1, 0.15) is 0 Å². The Morgan fingerprint density at radius 1 is 1.86 bits per heavy atom. The molecule has 42 valence electrons. The number of hydrogen-bond acceptors (Lipinski definition) is 2. The van der Waals surface area contributed by atoms with Gasteiger partial charge in [-0.2, -0.15) is 0 Å². The number of carbonyl (C=O) groups is 1. The Balaban J connectivity index is 0. The van der Waals surface area contributed by atoms with Gasteiger partial charge in [0, 0.05) is 17.4 Å². The Hall–Kier alpha value is -0.198. The zero-order chi connectivity index (χ0) is 4.99. The maximum Gasteiger partial charge on any atom is 0.404 e. The topological polar surface area (TPSA) is 52.3 Å². The van der Waals surface area contributed by atoms with Crippen molar-refractivity contribution < 1.29 is 26.9 Å². The van der Waals surface area contributed by atoms with Crippen LogP contribution in [0.5, 0.6) is 0 Å². The molecule has 0 rings (SSSR count). The summed E-state index contributed by atoms with van der Waals surface area (Å²) < 4.78 is 4.18. The van der Waals surface area contributed by atoms with Crippen molar-refractivity contribution in [3.05, 3.63) is 0 Å². The molecule has 3 nitrogen and oxygen atoms in total. The van der Waals surface area contributed by atoms with Gasteiger partial charge in [0.25, 0.3) is 0 Å². The first kappa shape index (κ1) is 9.93. The summed E-state index contributed by atoms with van der Waals surface area (Å²) >= 11 is 0. The van der Waals surface area contributed by atoms with E-state index < -0.39 is 6.09 Å². The molecule has 2 N–H and O–H groups in total. The van der Waals surface area contributed by atoms with Crippen LogP contribution in [0.15, 0.2) is 0 Å². The molecule has 0 aliphatic carbocycles. The van der Waals surface area contributed by atoms with Crippen LogP contribution in [-0.4, -0.2) is 12.7 Å². The van der Waals surface area contributed by atoms with Gasteiger partial charge in [0.05, 0.1) is 6.61 Å². The molecule has 0 fully saturated rings. The van der Waals surface area contributed by atoms with Crippen LogP contribution in [0.4, 0.5) is 4.79 Å². The minimum Gasteiger partial charge on any atom is -0.450 e. The van der Waals surface area contributed by atoms with Gasteiger partial charge in [-0.05, 0) is 6.92 Å². The van der Waals surface area contributed by atoms with E-state index in [1.165, 1.54) is 0 Å². The number of ether oxygens (including phenoxy) is 1. The fraction of sp³-hybridized carbons (Fsp3) is 0.667. The predicted octanol–water partition coefficient (Wildman–Crippen LogP) is 0.0991. The van der Waals surface area contributed by atoms with E-state index in [0.29, 0.717) is 6.61 Å². The number of carbonyl (C=O) groups excluding carboxylic acids is 1. The molecule has 0 aliphatic rings. The van der Waals surface area contributed by atoms with Crippen LogP contribution >= 0.6 is 0 Å². The smallest absolute Gasteiger partial charge is 0.404 e. The molecule has 0 atom stereocenters.